The molecule has 0 atom stereocenters. The highest BCUT2D eigenvalue weighted by molar-refractivity contribution is 5.79. The molecule has 0 radical (unpaired) electrons. The van der Waals surface area contributed by atoms with E-state index in [1.807, 2.05) is 6.92 Å². The van der Waals surface area contributed by atoms with E-state index in [2.05, 4.69) is 15.6 Å². The Hall–Kier alpha value is -0.980. The highest BCUT2D eigenvalue weighted by Gasteiger charge is 2.36. The Morgan fingerprint density at radius 1 is 1.22 bits per heavy atom. The zero-order chi connectivity index (χ0) is 17.2. The van der Waals surface area contributed by atoms with Gasteiger partial charge in [-0.15, -0.1) is 0 Å². The molecule has 0 heterocycles. The van der Waals surface area contributed by atoms with Gasteiger partial charge in [0.15, 0.2) is 5.96 Å². The molecule has 23 heavy (non-hydrogen) atoms. The van der Waals surface area contributed by atoms with Gasteiger partial charge in [0.05, 0.1) is 0 Å². The third-order valence-electron chi connectivity index (χ3n) is 4.35. The fraction of sp³-hybridized carbons (Fsp3) is 0.938. The number of unbranched alkanes of at least 4 members (excludes halogenated alkanes) is 1. The Labute approximate surface area is 137 Å². The summed E-state index contributed by atoms with van der Waals surface area (Å²) < 4.78 is 41.5. The topological polar surface area (TPSA) is 45.7 Å². The van der Waals surface area contributed by atoms with Crippen LogP contribution in [0.5, 0.6) is 0 Å². The molecule has 0 aromatic carbocycles. The monoisotopic (exact) mass is 337 g/mol. The molecule has 0 aromatic heterocycles. The van der Waals surface area contributed by atoms with Crippen LogP contribution in [0.2, 0.25) is 0 Å². The molecule has 1 fully saturated rings. The van der Waals surface area contributed by atoms with Crippen LogP contribution in [0.1, 0.15) is 51.9 Å². The molecule has 0 aromatic rings. The van der Waals surface area contributed by atoms with Crippen molar-refractivity contribution in [3.63, 3.8) is 0 Å². The second-order valence-corrected chi connectivity index (χ2v) is 6.29. The van der Waals surface area contributed by atoms with Gasteiger partial charge in [0.25, 0.3) is 0 Å². The Morgan fingerprint density at radius 2 is 1.96 bits per heavy atom. The Balaban J connectivity index is 2.34. The minimum Gasteiger partial charge on any atom is -0.385 e. The molecule has 0 bridgehead atoms. The summed E-state index contributed by atoms with van der Waals surface area (Å²) in [5.41, 5.74) is 0.245. The molecule has 136 valence electrons. The zero-order valence-electron chi connectivity index (χ0n) is 14.3. The van der Waals surface area contributed by atoms with Gasteiger partial charge in [-0.3, -0.25) is 4.99 Å². The van der Waals surface area contributed by atoms with Crippen LogP contribution in [0.15, 0.2) is 4.99 Å². The van der Waals surface area contributed by atoms with Crippen molar-refractivity contribution in [1.29, 1.82) is 0 Å². The van der Waals surface area contributed by atoms with Crippen LogP contribution in [0, 0.1) is 5.41 Å². The van der Waals surface area contributed by atoms with Crippen LogP contribution >= 0.6 is 0 Å². The summed E-state index contributed by atoms with van der Waals surface area (Å²) in [6.07, 6.45) is 0.444. The predicted octanol–water partition coefficient (Wildman–Crippen LogP) is 3.48. The van der Waals surface area contributed by atoms with Gasteiger partial charge < -0.3 is 15.4 Å². The van der Waals surface area contributed by atoms with Gasteiger partial charge in [0.1, 0.15) is 0 Å². The SMILES string of the molecule is CCNC(=NCC1(CCOC)CCC1)NCCCCC(F)(F)F. The van der Waals surface area contributed by atoms with E-state index in [4.69, 9.17) is 4.74 Å². The van der Waals surface area contributed by atoms with E-state index in [-0.39, 0.29) is 11.8 Å². The lowest BCUT2D eigenvalue weighted by Crippen LogP contribution is -2.40. The zero-order valence-corrected chi connectivity index (χ0v) is 14.3. The van der Waals surface area contributed by atoms with Crippen LogP contribution < -0.4 is 10.6 Å². The van der Waals surface area contributed by atoms with Gasteiger partial charge in [-0.25, -0.2) is 0 Å². The van der Waals surface area contributed by atoms with Gasteiger partial charge >= 0.3 is 6.18 Å². The van der Waals surface area contributed by atoms with Crippen LogP contribution in [0.3, 0.4) is 0 Å². The third-order valence-corrected chi connectivity index (χ3v) is 4.35. The maximum atomic E-state index is 12.1. The molecule has 1 rings (SSSR count). The number of methoxy groups -OCH3 is 1. The van der Waals surface area contributed by atoms with Crippen LogP contribution in [-0.2, 0) is 4.74 Å². The molecular weight excluding hydrogens is 307 g/mol. The second-order valence-electron chi connectivity index (χ2n) is 6.29. The summed E-state index contributed by atoms with van der Waals surface area (Å²) in [6.45, 7) is 4.71. The van der Waals surface area contributed by atoms with E-state index in [0.29, 0.717) is 18.9 Å². The molecule has 0 saturated heterocycles. The quantitative estimate of drug-likeness (QED) is 0.364. The van der Waals surface area contributed by atoms with Gasteiger partial charge in [0.2, 0.25) is 0 Å². The first-order chi connectivity index (χ1) is 10.9. The molecule has 1 aliphatic carbocycles. The smallest absolute Gasteiger partial charge is 0.385 e. The number of rotatable bonds is 10. The average Bonchev–Trinajstić information content (AvgIpc) is 2.44. The highest BCUT2D eigenvalue weighted by Crippen LogP contribution is 2.44. The molecule has 2 N–H and O–H groups in total. The largest absolute Gasteiger partial charge is 0.389 e. The Kier molecular flexibility index (Phi) is 8.73. The number of aliphatic imine (C=N–C) groups is 1. The summed E-state index contributed by atoms with van der Waals surface area (Å²) in [7, 11) is 1.71. The van der Waals surface area contributed by atoms with E-state index < -0.39 is 12.6 Å². The van der Waals surface area contributed by atoms with E-state index in [0.717, 1.165) is 26.1 Å². The molecule has 0 amide bonds. The molecule has 1 aliphatic rings. The number of hydrogen-bond acceptors (Lipinski definition) is 2. The van der Waals surface area contributed by atoms with Crippen LogP contribution in [0.4, 0.5) is 13.2 Å². The fourth-order valence-electron chi connectivity index (χ4n) is 2.73. The maximum Gasteiger partial charge on any atom is 0.389 e. The van der Waals surface area contributed by atoms with Crippen molar-refractivity contribution in [2.45, 2.75) is 58.0 Å². The first-order valence-electron chi connectivity index (χ1n) is 8.49. The standard InChI is InChI=1S/C16H30F3N3O/c1-3-20-14(21-11-5-4-9-16(17,18)19)22-13-15(7-6-8-15)10-12-23-2/h3-13H2,1-2H3,(H2,20,21,22). The summed E-state index contributed by atoms with van der Waals surface area (Å²) in [6, 6.07) is 0. The highest BCUT2D eigenvalue weighted by atomic mass is 19.4. The van der Waals surface area contributed by atoms with Crippen LogP contribution in [-0.4, -0.2) is 45.5 Å². The number of halogens is 3. The van der Waals surface area contributed by atoms with E-state index in [1.165, 1.54) is 19.3 Å². The van der Waals surface area contributed by atoms with Crippen molar-refractivity contribution >= 4 is 5.96 Å². The van der Waals surface area contributed by atoms with Gasteiger partial charge in [-0.1, -0.05) is 6.42 Å². The Bertz CT molecular complexity index is 355. The minimum absolute atomic E-state index is 0.147. The van der Waals surface area contributed by atoms with E-state index in [9.17, 15) is 13.2 Å². The average molecular weight is 337 g/mol. The fourth-order valence-corrected chi connectivity index (χ4v) is 2.73. The molecule has 7 heteroatoms. The summed E-state index contributed by atoms with van der Waals surface area (Å²) in [5, 5.41) is 6.28. The lowest BCUT2D eigenvalue weighted by molar-refractivity contribution is -0.135. The van der Waals surface area contributed by atoms with Crippen molar-refractivity contribution in [3.8, 4) is 0 Å². The third kappa shape index (κ3) is 8.44. The summed E-state index contributed by atoms with van der Waals surface area (Å²) in [5.74, 6) is 0.697. The van der Waals surface area contributed by atoms with Crippen molar-refractivity contribution < 1.29 is 17.9 Å². The lowest BCUT2D eigenvalue weighted by atomic mass is 9.67. The van der Waals surface area contributed by atoms with Crippen molar-refractivity contribution in [1.82, 2.24) is 10.6 Å². The number of nitrogens with one attached hydrogen (secondary N) is 2. The van der Waals surface area contributed by atoms with Crippen molar-refractivity contribution in [2.24, 2.45) is 10.4 Å². The predicted molar refractivity (Wildman–Crippen MR) is 86.7 cm³/mol. The number of alkyl halides is 3. The molecule has 1 saturated carbocycles. The van der Waals surface area contributed by atoms with Crippen LogP contribution in [0.25, 0.3) is 0 Å². The first kappa shape index (κ1) is 20.1. The van der Waals surface area contributed by atoms with E-state index >= 15 is 0 Å². The number of ether oxygens (including phenoxy) is 1. The first-order valence-corrected chi connectivity index (χ1v) is 8.49. The minimum atomic E-state index is -4.06. The van der Waals surface area contributed by atoms with Crippen molar-refractivity contribution in [2.75, 3.05) is 33.4 Å². The number of hydrogen-bond donors (Lipinski definition) is 2. The Morgan fingerprint density at radius 3 is 2.48 bits per heavy atom. The normalized spacial score (nSPS) is 17.7. The second kappa shape index (κ2) is 10.0. The molecule has 0 unspecified atom stereocenters. The lowest BCUT2D eigenvalue weighted by Gasteiger charge is -2.40. The van der Waals surface area contributed by atoms with Gasteiger partial charge in [-0.05, 0) is 44.4 Å². The van der Waals surface area contributed by atoms with Gasteiger partial charge in [0, 0.05) is 39.8 Å². The molecular formula is C16H30F3N3O. The van der Waals surface area contributed by atoms with Gasteiger partial charge in [-0.2, -0.15) is 13.2 Å². The van der Waals surface area contributed by atoms with Crippen molar-refractivity contribution in [3.05, 3.63) is 0 Å². The number of nitrogens with zero attached hydrogens (tertiary/aromatic N) is 1. The maximum absolute atomic E-state index is 12.1. The molecule has 0 spiro atoms. The number of guanidine groups is 1. The summed E-state index contributed by atoms with van der Waals surface area (Å²) >= 11 is 0. The summed E-state index contributed by atoms with van der Waals surface area (Å²) in [4.78, 5) is 4.62. The van der Waals surface area contributed by atoms with E-state index in [1.54, 1.807) is 7.11 Å². The molecule has 4 nitrogen and oxygen atoms in total. The molecule has 0 aliphatic heterocycles.